The Labute approximate surface area is 123 Å². The molecule has 0 amide bonds. The van der Waals surface area contributed by atoms with E-state index in [0.29, 0.717) is 18.3 Å². The fourth-order valence-corrected chi connectivity index (χ4v) is 2.79. The number of benzene rings is 1. The number of hydrogen-bond acceptors (Lipinski definition) is 3. The molecule has 0 aromatic heterocycles. The Morgan fingerprint density at radius 2 is 1.95 bits per heavy atom. The molecule has 118 valence electrons. The van der Waals surface area contributed by atoms with Gasteiger partial charge in [0.1, 0.15) is 0 Å². The zero-order chi connectivity index (χ0) is 15.5. The van der Waals surface area contributed by atoms with Crippen molar-refractivity contribution in [2.24, 2.45) is 0 Å². The maximum Gasteiger partial charge on any atom is 0.416 e. The normalized spacial score (nSPS) is 16.6. The van der Waals surface area contributed by atoms with Crippen molar-refractivity contribution in [3.63, 3.8) is 0 Å². The third-order valence-corrected chi connectivity index (χ3v) is 4.11. The van der Waals surface area contributed by atoms with Crippen LogP contribution in [0, 0.1) is 0 Å². The number of halogens is 3. The number of rotatable bonds is 5. The van der Waals surface area contributed by atoms with E-state index in [9.17, 15) is 13.2 Å². The SMILES string of the molecule is CN(CCNc1ccc(C(F)(F)F)cc1N)C1CCCC1. The van der Waals surface area contributed by atoms with Crippen LogP contribution in [0.1, 0.15) is 31.2 Å². The summed E-state index contributed by atoms with van der Waals surface area (Å²) in [5, 5.41) is 3.11. The van der Waals surface area contributed by atoms with Gasteiger partial charge in [-0.3, -0.25) is 0 Å². The highest BCUT2D eigenvalue weighted by Crippen LogP contribution is 2.32. The van der Waals surface area contributed by atoms with Gasteiger partial charge in [0.25, 0.3) is 0 Å². The van der Waals surface area contributed by atoms with Crippen molar-refractivity contribution in [1.29, 1.82) is 0 Å². The van der Waals surface area contributed by atoms with Crippen molar-refractivity contribution >= 4 is 11.4 Å². The first kappa shape index (κ1) is 15.9. The van der Waals surface area contributed by atoms with E-state index >= 15 is 0 Å². The lowest BCUT2D eigenvalue weighted by Gasteiger charge is -2.24. The van der Waals surface area contributed by atoms with E-state index in [-0.39, 0.29) is 5.69 Å². The summed E-state index contributed by atoms with van der Waals surface area (Å²) in [7, 11) is 2.09. The van der Waals surface area contributed by atoms with E-state index in [1.165, 1.54) is 31.7 Å². The predicted octanol–water partition coefficient (Wildman–Crippen LogP) is 3.57. The van der Waals surface area contributed by atoms with Crippen molar-refractivity contribution in [1.82, 2.24) is 4.90 Å². The molecule has 0 spiro atoms. The van der Waals surface area contributed by atoms with Crippen LogP contribution in [0.25, 0.3) is 0 Å². The fourth-order valence-electron chi connectivity index (χ4n) is 2.79. The largest absolute Gasteiger partial charge is 0.416 e. The van der Waals surface area contributed by atoms with Gasteiger partial charge in [-0.1, -0.05) is 12.8 Å². The van der Waals surface area contributed by atoms with Crippen LogP contribution in [0.3, 0.4) is 0 Å². The number of nitrogens with one attached hydrogen (secondary N) is 1. The number of nitrogens with two attached hydrogens (primary N) is 1. The quantitative estimate of drug-likeness (QED) is 0.817. The van der Waals surface area contributed by atoms with Gasteiger partial charge >= 0.3 is 6.18 Å². The maximum absolute atomic E-state index is 12.5. The summed E-state index contributed by atoms with van der Waals surface area (Å²) in [6.45, 7) is 1.52. The fraction of sp³-hybridized carbons (Fsp3) is 0.600. The second-order valence-electron chi connectivity index (χ2n) is 5.65. The molecule has 1 aromatic carbocycles. The second-order valence-corrected chi connectivity index (χ2v) is 5.65. The molecule has 3 N–H and O–H groups in total. The standard InChI is InChI=1S/C15H22F3N3/c1-21(12-4-2-3-5-12)9-8-20-14-7-6-11(10-13(14)19)15(16,17)18/h6-7,10,12,20H,2-5,8-9,19H2,1H3. The lowest BCUT2D eigenvalue weighted by Crippen LogP contribution is -2.33. The number of nitrogen functional groups attached to an aromatic ring is 1. The number of nitrogens with zero attached hydrogens (tertiary/aromatic N) is 1. The molecule has 0 saturated heterocycles. The first-order chi connectivity index (χ1) is 9.88. The average molecular weight is 301 g/mol. The molecule has 0 heterocycles. The van der Waals surface area contributed by atoms with Crippen LogP contribution in [0.15, 0.2) is 18.2 Å². The minimum atomic E-state index is -4.35. The molecule has 2 rings (SSSR count). The Morgan fingerprint density at radius 3 is 2.52 bits per heavy atom. The van der Waals surface area contributed by atoms with Crippen molar-refractivity contribution < 1.29 is 13.2 Å². The molecule has 6 heteroatoms. The van der Waals surface area contributed by atoms with Crippen LogP contribution in [-0.4, -0.2) is 31.1 Å². The van der Waals surface area contributed by atoms with Crippen LogP contribution in [0.4, 0.5) is 24.5 Å². The average Bonchev–Trinajstić information content (AvgIpc) is 2.93. The molecule has 3 nitrogen and oxygen atoms in total. The van der Waals surface area contributed by atoms with Crippen LogP contribution in [-0.2, 0) is 6.18 Å². The molecular formula is C15H22F3N3. The summed E-state index contributed by atoms with van der Waals surface area (Å²) in [5.41, 5.74) is 5.66. The van der Waals surface area contributed by atoms with Crippen molar-refractivity contribution in [3.05, 3.63) is 23.8 Å². The summed E-state index contributed by atoms with van der Waals surface area (Å²) < 4.78 is 37.6. The molecule has 21 heavy (non-hydrogen) atoms. The molecule has 0 radical (unpaired) electrons. The Balaban J connectivity index is 1.85. The maximum atomic E-state index is 12.5. The summed E-state index contributed by atoms with van der Waals surface area (Å²) in [5.74, 6) is 0. The van der Waals surface area contributed by atoms with Gasteiger partial charge in [-0.25, -0.2) is 0 Å². The highest BCUT2D eigenvalue weighted by molar-refractivity contribution is 5.67. The van der Waals surface area contributed by atoms with Gasteiger partial charge in [0.15, 0.2) is 0 Å². The van der Waals surface area contributed by atoms with Crippen LogP contribution >= 0.6 is 0 Å². The van der Waals surface area contributed by atoms with Gasteiger partial charge in [-0.15, -0.1) is 0 Å². The molecule has 1 aliphatic rings. The van der Waals surface area contributed by atoms with Gasteiger partial charge in [0.2, 0.25) is 0 Å². The first-order valence-electron chi connectivity index (χ1n) is 7.29. The van der Waals surface area contributed by atoms with E-state index in [2.05, 4.69) is 17.3 Å². The highest BCUT2D eigenvalue weighted by Gasteiger charge is 2.30. The Morgan fingerprint density at radius 1 is 1.29 bits per heavy atom. The van der Waals surface area contributed by atoms with E-state index < -0.39 is 11.7 Å². The molecule has 1 fully saturated rings. The Kier molecular flexibility index (Phi) is 4.98. The Hall–Kier alpha value is -1.43. The van der Waals surface area contributed by atoms with Crippen molar-refractivity contribution in [3.8, 4) is 0 Å². The summed E-state index contributed by atoms with van der Waals surface area (Å²) in [6.07, 6.45) is 0.690. The van der Waals surface area contributed by atoms with Crippen molar-refractivity contribution in [2.75, 3.05) is 31.2 Å². The summed E-state index contributed by atoms with van der Waals surface area (Å²) in [6, 6.07) is 4.06. The van der Waals surface area contributed by atoms with E-state index in [1.807, 2.05) is 0 Å². The van der Waals surface area contributed by atoms with E-state index in [0.717, 1.165) is 18.7 Å². The zero-order valence-corrected chi connectivity index (χ0v) is 12.2. The second kappa shape index (κ2) is 6.56. The smallest absolute Gasteiger partial charge is 0.397 e. The van der Waals surface area contributed by atoms with Gasteiger partial charge in [0, 0.05) is 19.1 Å². The molecule has 0 unspecified atom stereocenters. The van der Waals surface area contributed by atoms with Crippen molar-refractivity contribution in [2.45, 2.75) is 37.9 Å². The lowest BCUT2D eigenvalue weighted by atomic mass is 10.1. The minimum Gasteiger partial charge on any atom is -0.397 e. The van der Waals surface area contributed by atoms with Crippen LogP contribution in [0.2, 0.25) is 0 Å². The third-order valence-electron chi connectivity index (χ3n) is 4.11. The van der Waals surface area contributed by atoms with E-state index in [1.54, 1.807) is 0 Å². The molecule has 1 aliphatic carbocycles. The van der Waals surface area contributed by atoms with Gasteiger partial charge < -0.3 is 16.0 Å². The predicted molar refractivity (Wildman–Crippen MR) is 79.2 cm³/mol. The van der Waals surface area contributed by atoms with Crippen LogP contribution in [0.5, 0.6) is 0 Å². The number of anilines is 2. The number of hydrogen-bond donors (Lipinski definition) is 2. The molecule has 1 aromatic rings. The van der Waals surface area contributed by atoms with Gasteiger partial charge in [0.05, 0.1) is 16.9 Å². The highest BCUT2D eigenvalue weighted by atomic mass is 19.4. The lowest BCUT2D eigenvalue weighted by molar-refractivity contribution is -0.137. The van der Waals surface area contributed by atoms with Gasteiger partial charge in [-0.05, 0) is 38.1 Å². The summed E-state index contributed by atoms with van der Waals surface area (Å²) >= 11 is 0. The topological polar surface area (TPSA) is 41.3 Å². The van der Waals surface area contributed by atoms with Gasteiger partial charge in [-0.2, -0.15) is 13.2 Å². The number of likely N-dealkylation sites (N-methyl/N-ethyl adjacent to an activating group) is 1. The molecule has 1 saturated carbocycles. The molecule has 0 atom stereocenters. The molecule has 0 aliphatic heterocycles. The molecule has 0 bridgehead atoms. The first-order valence-corrected chi connectivity index (χ1v) is 7.29. The van der Waals surface area contributed by atoms with E-state index in [4.69, 9.17) is 5.73 Å². The minimum absolute atomic E-state index is 0.133. The zero-order valence-electron chi connectivity index (χ0n) is 12.2. The summed E-state index contributed by atoms with van der Waals surface area (Å²) in [4.78, 5) is 2.31. The molecular weight excluding hydrogens is 279 g/mol. The Bertz CT molecular complexity index is 468. The third kappa shape index (κ3) is 4.27. The number of alkyl halides is 3. The van der Waals surface area contributed by atoms with Crippen LogP contribution < -0.4 is 11.1 Å². The monoisotopic (exact) mass is 301 g/mol.